The second-order valence-corrected chi connectivity index (χ2v) is 10.5. The number of aliphatic hydroxyl groups is 1. The van der Waals surface area contributed by atoms with Gasteiger partial charge in [0.1, 0.15) is 6.10 Å². The summed E-state index contributed by atoms with van der Waals surface area (Å²) in [5.74, 6) is -0.0629. The molecule has 2 spiro atoms. The number of fused-ring (bicyclic) bond motifs is 1. The highest BCUT2D eigenvalue weighted by Gasteiger charge is 2.96. The van der Waals surface area contributed by atoms with Crippen molar-refractivity contribution in [2.24, 2.45) is 34.0 Å². The van der Waals surface area contributed by atoms with Gasteiger partial charge in [-0.05, 0) is 30.1 Å². The molecule has 2 saturated carbocycles. The summed E-state index contributed by atoms with van der Waals surface area (Å²) in [7, 11) is 0. The van der Waals surface area contributed by atoms with Gasteiger partial charge in [0.15, 0.2) is 11.9 Å². The van der Waals surface area contributed by atoms with E-state index in [-0.39, 0.29) is 41.3 Å². The molecule has 4 aliphatic heterocycles. The van der Waals surface area contributed by atoms with Crippen LogP contribution in [0.5, 0.6) is 0 Å². The Morgan fingerprint density at radius 3 is 2.73 bits per heavy atom. The molecule has 10 atom stereocenters. The van der Waals surface area contributed by atoms with Gasteiger partial charge in [-0.3, -0.25) is 0 Å². The molecule has 0 amide bonds. The lowest BCUT2D eigenvalue weighted by molar-refractivity contribution is -0.205. The van der Waals surface area contributed by atoms with Gasteiger partial charge in [-0.25, -0.2) is 4.79 Å². The Kier molecular flexibility index (Phi) is 2.70. The molecule has 4 heterocycles. The van der Waals surface area contributed by atoms with Crippen molar-refractivity contribution in [2.45, 2.75) is 70.7 Å². The lowest BCUT2D eigenvalue weighted by Gasteiger charge is -2.47. The molecule has 144 valence electrons. The minimum atomic E-state index is -1.12. The summed E-state index contributed by atoms with van der Waals surface area (Å²) in [4.78, 5) is 13.3. The summed E-state index contributed by atoms with van der Waals surface area (Å²) in [6.45, 7) is 9.96. The van der Waals surface area contributed by atoms with Gasteiger partial charge in [0, 0.05) is 11.3 Å². The van der Waals surface area contributed by atoms with Crippen LogP contribution >= 0.6 is 0 Å². The molecule has 1 N–H and O–H groups in total. The SMILES string of the molecule is C[C@@H]1COC2C1C13O[C@@H]4OCCC45[C@H](C(C)(C)C)CC(OC1=O)C35[C@H]2O. The van der Waals surface area contributed by atoms with Crippen molar-refractivity contribution in [1.82, 2.24) is 0 Å². The summed E-state index contributed by atoms with van der Waals surface area (Å²) in [5, 5.41) is 11.7. The molecule has 0 aromatic rings. The van der Waals surface area contributed by atoms with Crippen molar-refractivity contribution in [1.29, 1.82) is 0 Å². The third-order valence-corrected chi connectivity index (χ3v) is 8.83. The van der Waals surface area contributed by atoms with E-state index in [0.29, 0.717) is 13.2 Å². The number of esters is 1. The standard InChI is InChI=1S/C20H28O6/c1-9-8-24-13-12(9)20-15(22)25-11-7-10(17(2,3)4)18(19(11,20)14(13)21)5-6-23-16(18)26-20/h9-14,16,21H,5-8H2,1-4H3/t9-,10+,11?,12?,13?,14+,16+,18?,19?,20?/m1/s1. The molecule has 6 rings (SSSR count). The van der Waals surface area contributed by atoms with Crippen molar-refractivity contribution in [2.75, 3.05) is 13.2 Å². The first-order valence-electron chi connectivity index (χ1n) is 10.0. The zero-order chi connectivity index (χ0) is 18.3. The average Bonchev–Trinajstić information content (AvgIpc) is 3.28. The van der Waals surface area contributed by atoms with E-state index >= 15 is 0 Å². The number of carbonyl (C=O) groups is 1. The van der Waals surface area contributed by atoms with Crippen LogP contribution in [0.4, 0.5) is 0 Å². The predicted molar refractivity (Wildman–Crippen MR) is 88.9 cm³/mol. The second-order valence-electron chi connectivity index (χ2n) is 10.5. The van der Waals surface area contributed by atoms with Crippen LogP contribution in [0.1, 0.15) is 40.5 Å². The van der Waals surface area contributed by atoms with E-state index in [0.717, 1.165) is 12.8 Å². The summed E-state index contributed by atoms with van der Waals surface area (Å²) in [6, 6.07) is 0. The van der Waals surface area contributed by atoms with Crippen molar-refractivity contribution < 1.29 is 28.8 Å². The molecule has 6 heteroatoms. The zero-order valence-corrected chi connectivity index (χ0v) is 15.9. The van der Waals surface area contributed by atoms with Gasteiger partial charge in [0.2, 0.25) is 0 Å². The minimum absolute atomic E-state index is 0.000775. The molecule has 0 aromatic carbocycles. The highest BCUT2D eigenvalue weighted by atomic mass is 16.7. The van der Waals surface area contributed by atoms with Gasteiger partial charge in [-0.2, -0.15) is 0 Å². The molecular formula is C20H28O6. The van der Waals surface area contributed by atoms with E-state index in [1.165, 1.54) is 0 Å². The number of rotatable bonds is 0. The maximum Gasteiger partial charge on any atom is 0.340 e. The normalized spacial score (nSPS) is 62.2. The lowest BCUT2D eigenvalue weighted by atomic mass is 9.52. The van der Waals surface area contributed by atoms with Crippen LogP contribution in [0.2, 0.25) is 0 Å². The Morgan fingerprint density at radius 2 is 2.00 bits per heavy atom. The minimum Gasteiger partial charge on any atom is -0.459 e. The van der Waals surface area contributed by atoms with Gasteiger partial charge < -0.3 is 24.1 Å². The third kappa shape index (κ3) is 1.25. The first-order chi connectivity index (χ1) is 12.2. The Morgan fingerprint density at radius 1 is 1.23 bits per heavy atom. The number of aliphatic hydroxyl groups excluding tert-OH is 1. The van der Waals surface area contributed by atoms with Crippen molar-refractivity contribution in [3.05, 3.63) is 0 Å². The monoisotopic (exact) mass is 364 g/mol. The Labute approximate surface area is 153 Å². The van der Waals surface area contributed by atoms with Crippen LogP contribution < -0.4 is 0 Å². The molecule has 6 unspecified atom stereocenters. The fourth-order valence-electron chi connectivity index (χ4n) is 8.38. The zero-order valence-electron chi connectivity index (χ0n) is 15.9. The molecule has 4 saturated heterocycles. The maximum absolute atomic E-state index is 13.3. The average molecular weight is 364 g/mol. The van der Waals surface area contributed by atoms with Gasteiger partial charge >= 0.3 is 5.97 Å². The van der Waals surface area contributed by atoms with Crippen LogP contribution in [-0.2, 0) is 23.7 Å². The third-order valence-electron chi connectivity index (χ3n) is 8.83. The topological polar surface area (TPSA) is 74.2 Å². The highest BCUT2D eigenvalue weighted by Crippen LogP contribution is 2.83. The molecule has 6 fully saturated rings. The van der Waals surface area contributed by atoms with E-state index in [1.54, 1.807) is 0 Å². The fraction of sp³-hybridized carbons (Fsp3) is 0.950. The lowest BCUT2D eigenvalue weighted by Crippen LogP contribution is -2.59. The van der Waals surface area contributed by atoms with E-state index in [9.17, 15) is 9.90 Å². The summed E-state index contributed by atoms with van der Waals surface area (Å²) in [5.41, 5.74) is -2.27. The highest BCUT2D eigenvalue weighted by molar-refractivity contribution is 5.87. The number of ether oxygens (including phenoxy) is 4. The Bertz CT molecular complexity index is 701. The number of carbonyl (C=O) groups excluding carboxylic acids is 1. The molecule has 6 aliphatic rings. The van der Waals surface area contributed by atoms with Crippen molar-refractivity contribution in [3.8, 4) is 0 Å². The molecule has 0 aromatic heterocycles. The molecule has 26 heavy (non-hydrogen) atoms. The molecule has 6 nitrogen and oxygen atoms in total. The Balaban J connectivity index is 1.66. The van der Waals surface area contributed by atoms with E-state index in [4.69, 9.17) is 18.9 Å². The van der Waals surface area contributed by atoms with E-state index in [2.05, 4.69) is 27.7 Å². The molecule has 0 radical (unpaired) electrons. The smallest absolute Gasteiger partial charge is 0.340 e. The molecular weight excluding hydrogens is 336 g/mol. The molecule has 0 bridgehead atoms. The largest absolute Gasteiger partial charge is 0.459 e. The fourth-order valence-corrected chi connectivity index (χ4v) is 8.38. The second kappa shape index (κ2) is 4.32. The van der Waals surface area contributed by atoms with Crippen LogP contribution in [0, 0.1) is 34.0 Å². The van der Waals surface area contributed by atoms with Crippen LogP contribution in [0.3, 0.4) is 0 Å². The summed E-state index contributed by atoms with van der Waals surface area (Å²) in [6.07, 6.45) is -0.287. The van der Waals surface area contributed by atoms with Gasteiger partial charge in [0.05, 0.1) is 30.8 Å². The number of hydrogen-bond acceptors (Lipinski definition) is 6. The Hall–Kier alpha value is -0.690. The first-order valence-corrected chi connectivity index (χ1v) is 10.0. The number of hydrogen-bond donors (Lipinski definition) is 1. The molecule has 2 aliphatic carbocycles. The van der Waals surface area contributed by atoms with E-state index in [1.807, 2.05) is 0 Å². The quantitative estimate of drug-likeness (QED) is 0.657. The van der Waals surface area contributed by atoms with Crippen molar-refractivity contribution in [3.63, 3.8) is 0 Å². The maximum atomic E-state index is 13.3. The van der Waals surface area contributed by atoms with Gasteiger partial charge in [-0.15, -0.1) is 0 Å². The van der Waals surface area contributed by atoms with Gasteiger partial charge in [-0.1, -0.05) is 27.7 Å². The van der Waals surface area contributed by atoms with E-state index < -0.39 is 28.8 Å². The van der Waals surface area contributed by atoms with Gasteiger partial charge in [0.25, 0.3) is 0 Å². The first kappa shape index (κ1) is 16.3. The summed E-state index contributed by atoms with van der Waals surface area (Å²) >= 11 is 0. The van der Waals surface area contributed by atoms with Crippen LogP contribution in [0.15, 0.2) is 0 Å². The predicted octanol–water partition coefficient (Wildman–Crippen LogP) is 1.49. The van der Waals surface area contributed by atoms with Crippen LogP contribution in [0.25, 0.3) is 0 Å². The summed E-state index contributed by atoms with van der Waals surface area (Å²) < 4.78 is 24.7. The van der Waals surface area contributed by atoms with Crippen LogP contribution in [-0.4, -0.2) is 54.5 Å². The van der Waals surface area contributed by atoms with Crippen molar-refractivity contribution >= 4 is 5.97 Å².